The highest BCUT2D eigenvalue weighted by atomic mass is 15.1. The third-order valence-electron chi connectivity index (χ3n) is 3.96. The minimum atomic E-state index is 0.563. The van der Waals surface area contributed by atoms with E-state index in [4.69, 9.17) is 0 Å². The van der Waals surface area contributed by atoms with E-state index in [9.17, 15) is 0 Å². The van der Waals surface area contributed by atoms with Gasteiger partial charge in [0.2, 0.25) is 0 Å². The van der Waals surface area contributed by atoms with Gasteiger partial charge in [0.05, 0.1) is 0 Å². The molecule has 0 amide bonds. The lowest BCUT2D eigenvalue weighted by molar-refractivity contribution is 0.127. The van der Waals surface area contributed by atoms with E-state index in [1.807, 2.05) is 13.8 Å². The summed E-state index contributed by atoms with van der Waals surface area (Å²) in [6, 6.07) is 10.8. The van der Waals surface area contributed by atoms with Gasteiger partial charge in [-0.15, -0.1) is 0 Å². The minimum Gasteiger partial charge on any atom is -0.299 e. The van der Waals surface area contributed by atoms with Crippen molar-refractivity contribution in [3.8, 4) is 0 Å². The zero-order chi connectivity index (χ0) is 16.1. The molecule has 0 spiro atoms. The molecule has 1 aliphatic heterocycles. The molecule has 0 aliphatic carbocycles. The predicted molar refractivity (Wildman–Crippen MR) is 96.7 cm³/mol. The van der Waals surface area contributed by atoms with Crippen LogP contribution in [0.4, 0.5) is 0 Å². The van der Waals surface area contributed by atoms with E-state index in [1.54, 1.807) is 0 Å². The highest BCUT2D eigenvalue weighted by molar-refractivity contribution is 5.14. The van der Waals surface area contributed by atoms with Crippen LogP contribution in [-0.4, -0.2) is 18.0 Å². The van der Waals surface area contributed by atoms with Crippen molar-refractivity contribution >= 4 is 0 Å². The maximum absolute atomic E-state index is 2.57. The minimum absolute atomic E-state index is 0.563. The molecule has 1 aliphatic rings. The summed E-state index contributed by atoms with van der Waals surface area (Å²) in [5.41, 5.74) is 2.00. The summed E-state index contributed by atoms with van der Waals surface area (Å²) in [6.45, 7) is 16.8. The van der Waals surface area contributed by atoms with E-state index < -0.39 is 0 Å². The van der Waals surface area contributed by atoms with Gasteiger partial charge in [-0.2, -0.15) is 0 Å². The SMILES string of the molecule is CC.CC1(C)CCN(Cc2ccccc2)CC1.CCCC. The number of hydrogen-bond acceptors (Lipinski definition) is 1. The topological polar surface area (TPSA) is 3.24 Å². The van der Waals surface area contributed by atoms with Gasteiger partial charge in [-0.3, -0.25) is 4.90 Å². The van der Waals surface area contributed by atoms with Gasteiger partial charge in [-0.1, -0.05) is 84.7 Å². The van der Waals surface area contributed by atoms with Gasteiger partial charge in [0.15, 0.2) is 0 Å². The predicted octanol–water partition coefficient (Wildman–Crippen LogP) is 6.14. The molecule has 2 rings (SSSR count). The Kier molecular flexibility index (Phi) is 11.3. The number of rotatable bonds is 3. The normalized spacial score (nSPS) is 17.0. The summed E-state index contributed by atoms with van der Waals surface area (Å²) in [4.78, 5) is 2.57. The van der Waals surface area contributed by atoms with Crippen LogP contribution in [0.15, 0.2) is 30.3 Å². The van der Waals surface area contributed by atoms with Gasteiger partial charge in [0.25, 0.3) is 0 Å². The van der Waals surface area contributed by atoms with Crippen LogP contribution in [-0.2, 0) is 6.54 Å². The van der Waals surface area contributed by atoms with Crippen molar-refractivity contribution in [3.63, 3.8) is 0 Å². The summed E-state index contributed by atoms with van der Waals surface area (Å²) in [7, 11) is 0. The van der Waals surface area contributed by atoms with Crippen LogP contribution >= 0.6 is 0 Å². The molecule has 1 aromatic carbocycles. The molecule has 1 aromatic rings. The molecule has 1 nitrogen and oxygen atoms in total. The second-order valence-electron chi connectivity index (χ2n) is 6.43. The fourth-order valence-electron chi connectivity index (χ4n) is 2.16. The van der Waals surface area contributed by atoms with Gasteiger partial charge in [0.1, 0.15) is 0 Å². The largest absolute Gasteiger partial charge is 0.299 e. The number of hydrogen-bond donors (Lipinski definition) is 0. The second-order valence-corrected chi connectivity index (χ2v) is 6.43. The number of unbranched alkanes of at least 4 members (excludes halogenated alkanes) is 1. The molecule has 0 bridgehead atoms. The molecule has 0 saturated carbocycles. The van der Waals surface area contributed by atoms with Crippen molar-refractivity contribution in [2.45, 2.75) is 73.8 Å². The molecule has 1 heteroatoms. The van der Waals surface area contributed by atoms with Crippen molar-refractivity contribution in [1.82, 2.24) is 4.90 Å². The molecule has 0 unspecified atom stereocenters. The Hall–Kier alpha value is -0.820. The third-order valence-corrected chi connectivity index (χ3v) is 3.96. The van der Waals surface area contributed by atoms with Crippen LogP contribution in [0.1, 0.15) is 72.8 Å². The fourth-order valence-corrected chi connectivity index (χ4v) is 2.16. The van der Waals surface area contributed by atoms with Gasteiger partial charge in [0, 0.05) is 6.54 Å². The van der Waals surface area contributed by atoms with E-state index in [-0.39, 0.29) is 0 Å². The standard InChI is InChI=1S/C14H21N.C4H10.C2H6/c1-14(2)8-10-15(11-9-14)12-13-6-4-3-5-7-13;1-3-4-2;1-2/h3-7H,8-12H2,1-2H3;3-4H2,1-2H3;1-2H3. The van der Waals surface area contributed by atoms with Crippen LogP contribution in [0.25, 0.3) is 0 Å². The lowest BCUT2D eigenvalue weighted by Crippen LogP contribution is -2.36. The monoisotopic (exact) mass is 291 g/mol. The molecule has 0 N–H and O–H groups in total. The van der Waals surface area contributed by atoms with E-state index in [2.05, 4.69) is 62.9 Å². The highest BCUT2D eigenvalue weighted by Crippen LogP contribution is 2.30. The zero-order valence-electron chi connectivity index (χ0n) is 15.3. The Morgan fingerprint density at radius 2 is 1.38 bits per heavy atom. The molecule has 1 heterocycles. The molecule has 1 saturated heterocycles. The quantitative estimate of drug-likeness (QED) is 0.646. The van der Waals surface area contributed by atoms with E-state index >= 15 is 0 Å². The van der Waals surface area contributed by atoms with Crippen LogP contribution < -0.4 is 0 Å². The molecular formula is C20H37N. The summed E-state index contributed by atoms with van der Waals surface area (Å²) in [6.07, 6.45) is 5.31. The third kappa shape index (κ3) is 9.68. The Morgan fingerprint density at radius 3 is 1.81 bits per heavy atom. The zero-order valence-corrected chi connectivity index (χ0v) is 15.3. The van der Waals surface area contributed by atoms with Gasteiger partial charge >= 0.3 is 0 Å². The number of nitrogens with zero attached hydrogens (tertiary/aromatic N) is 1. The molecule has 1 fully saturated rings. The first-order valence-corrected chi connectivity index (χ1v) is 8.83. The Balaban J connectivity index is 0.000000579. The average Bonchev–Trinajstić information content (AvgIpc) is 2.53. The summed E-state index contributed by atoms with van der Waals surface area (Å²) < 4.78 is 0. The van der Waals surface area contributed by atoms with Crippen LogP contribution in [0.3, 0.4) is 0 Å². The van der Waals surface area contributed by atoms with Crippen molar-refractivity contribution in [2.24, 2.45) is 5.41 Å². The number of benzene rings is 1. The first-order chi connectivity index (χ1) is 10.1. The molecule has 0 radical (unpaired) electrons. The molecular weight excluding hydrogens is 254 g/mol. The van der Waals surface area contributed by atoms with Gasteiger partial charge in [-0.05, 0) is 36.9 Å². The Labute approximate surface area is 133 Å². The number of likely N-dealkylation sites (tertiary alicyclic amines) is 1. The van der Waals surface area contributed by atoms with Crippen LogP contribution in [0, 0.1) is 5.41 Å². The van der Waals surface area contributed by atoms with Crippen LogP contribution in [0.5, 0.6) is 0 Å². The van der Waals surface area contributed by atoms with Crippen molar-refractivity contribution in [1.29, 1.82) is 0 Å². The van der Waals surface area contributed by atoms with E-state index in [0.717, 1.165) is 6.54 Å². The average molecular weight is 292 g/mol. The first-order valence-electron chi connectivity index (χ1n) is 8.83. The fraction of sp³-hybridized carbons (Fsp3) is 0.700. The lowest BCUT2D eigenvalue weighted by Gasteiger charge is -2.36. The summed E-state index contributed by atoms with van der Waals surface area (Å²) in [5, 5.41) is 0. The summed E-state index contributed by atoms with van der Waals surface area (Å²) in [5.74, 6) is 0. The Morgan fingerprint density at radius 1 is 0.905 bits per heavy atom. The lowest BCUT2D eigenvalue weighted by atomic mass is 9.82. The maximum atomic E-state index is 2.57. The van der Waals surface area contributed by atoms with Gasteiger partial charge in [-0.25, -0.2) is 0 Å². The van der Waals surface area contributed by atoms with Crippen LogP contribution in [0.2, 0.25) is 0 Å². The highest BCUT2D eigenvalue weighted by Gasteiger charge is 2.24. The molecule has 0 aromatic heterocycles. The van der Waals surface area contributed by atoms with Gasteiger partial charge < -0.3 is 0 Å². The van der Waals surface area contributed by atoms with E-state index in [1.165, 1.54) is 44.3 Å². The van der Waals surface area contributed by atoms with Crippen molar-refractivity contribution in [2.75, 3.05) is 13.1 Å². The maximum Gasteiger partial charge on any atom is 0.0233 e. The molecule has 0 atom stereocenters. The second kappa shape index (κ2) is 11.8. The molecule has 21 heavy (non-hydrogen) atoms. The van der Waals surface area contributed by atoms with Crippen molar-refractivity contribution in [3.05, 3.63) is 35.9 Å². The summed E-state index contributed by atoms with van der Waals surface area (Å²) >= 11 is 0. The number of piperidine rings is 1. The Bertz CT molecular complexity index is 317. The van der Waals surface area contributed by atoms with Crippen molar-refractivity contribution < 1.29 is 0 Å². The molecule has 122 valence electrons. The smallest absolute Gasteiger partial charge is 0.0233 e. The van der Waals surface area contributed by atoms with E-state index in [0.29, 0.717) is 5.41 Å². The first kappa shape index (κ1) is 20.2.